The summed E-state index contributed by atoms with van der Waals surface area (Å²) in [4.78, 5) is 0. The van der Waals surface area contributed by atoms with Gasteiger partial charge in [-0.15, -0.1) is 0 Å². The molecule has 0 aliphatic carbocycles. The Labute approximate surface area is 177 Å². The van der Waals surface area contributed by atoms with Gasteiger partial charge in [0.2, 0.25) is 0 Å². The van der Waals surface area contributed by atoms with Crippen LogP contribution in [-0.2, 0) is 15.9 Å². The van der Waals surface area contributed by atoms with E-state index in [9.17, 15) is 0 Å². The van der Waals surface area contributed by atoms with Crippen LogP contribution in [0.25, 0.3) is 0 Å². The topological polar surface area (TPSA) is 18.5 Å². The first-order valence-electron chi connectivity index (χ1n) is 10.4. The van der Waals surface area contributed by atoms with Gasteiger partial charge in [-0.1, -0.05) is 97.1 Å². The molecule has 2 nitrogen and oxygen atoms in total. The predicted octanol–water partition coefficient (Wildman–Crippen LogP) is 6.65. The maximum atomic E-state index is 6.79. The minimum Gasteiger partial charge on any atom is -0.447 e. The Morgan fingerprint density at radius 1 is 0.700 bits per heavy atom. The fraction of sp³-hybridized carbons (Fsp3) is 0.143. The second-order valence-corrected chi connectivity index (χ2v) is 7.56. The summed E-state index contributed by atoms with van der Waals surface area (Å²) >= 11 is 0. The summed E-state index contributed by atoms with van der Waals surface area (Å²) < 4.78 is 13.6. The average Bonchev–Trinajstić information content (AvgIpc) is 3.26. The molecular weight excluding hydrogens is 368 g/mol. The Morgan fingerprint density at radius 3 is 2.00 bits per heavy atom. The van der Waals surface area contributed by atoms with Crippen LogP contribution in [0.2, 0.25) is 0 Å². The summed E-state index contributed by atoms with van der Waals surface area (Å²) in [6.45, 7) is 4.05. The third-order valence-electron chi connectivity index (χ3n) is 6.04. The minimum atomic E-state index is -1.02. The van der Waals surface area contributed by atoms with Crippen LogP contribution in [0.5, 0.6) is 5.75 Å². The zero-order chi connectivity index (χ0) is 20.6. The van der Waals surface area contributed by atoms with E-state index < -0.39 is 11.2 Å². The van der Waals surface area contributed by atoms with Crippen molar-refractivity contribution >= 4 is 0 Å². The molecule has 0 N–H and O–H groups in total. The highest BCUT2D eigenvalue weighted by molar-refractivity contribution is 5.68. The van der Waals surface area contributed by atoms with Crippen molar-refractivity contribution in [1.82, 2.24) is 0 Å². The van der Waals surface area contributed by atoms with Gasteiger partial charge in [0.25, 0.3) is 5.79 Å². The highest BCUT2D eigenvalue weighted by Crippen LogP contribution is 2.67. The summed E-state index contributed by atoms with van der Waals surface area (Å²) in [6.07, 6.45) is 8.32. The van der Waals surface area contributed by atoms with E-state index in [-0.39, 0.29) is 0 Å². The number of para-hydroxylation sites is 1. The van der Waals surface area contributed by atoms with Gasteiger partial charge in [0.1, 0.15) is 16.9 Å². The molecular formula is C28H24O2. The number of ether oxygens (including phenoxy) is 2. The molecule has 3 aromatic rings. The van der Waals surface area contributed by atoms with Gasteiger partial charge >= 0.3 is 0 Å². The molecule has 0 saturated carbocycles. The molecule has 2 aliphatic heterocycles. The lowest BCUT2D eigenvalue weighted by Gasteiger charge is -2.38. The Kier molecular flexibility index (Phi) is 4.36. The SMILES string of the molecule is C/C=C/C=C1/C(=C\C)OC2(c3ccccc3)Oc3ccccc3C12c1ccccc1. The second kappa shape index (κ2) is 7.07. The third kappa shape index (κ3) is 2.31. The molecule has 0 spiro atoms. The van der Waals surface area contributed by atoms with E-state index in [2.05, 4.69) is 60.7 Å². The Balaban J connectivity index is 1.96. The highest BCUT2D eigenvalue weighted by atomic mass is 16.7. The monoisotopic (exact) mass is 392 g/mol. The minimum absolute atomic E-state index is 0.631. The lowest BCUT2D eigenvalue weighted by Crippen LogP contribution is -2.47. The third-order valence-corrected chi connectivity index (χ3v) is 6.04. The number of allylic oxidation sites excluding steroid dienone is 5. The molecule has 0 aromatic heterocycles. The standard InChI is InChI=1S/C28H24O2/c1-3-5-18-23-25(4-2)29-28(22-16-10-7-11-17-22)27(23,21-14-8-6-9-15-21)24-19-12-13-20-26(24)30-28/h3-20H,1-2H3/b5-3+,23-18-,25-4+. The molecule has 2 heteroatoms. The van der Waals surface area contributed by atoms with E-state index in [4.69, 9.17) is 9.47 Å². The zero-order valence-corrected chi connectivity index (χ0v) is 17.2. The van der Waals surface area contributed by atoms with Gasteiger partial charge in [0.05, 0.1) is 0 Å². The van der Waals surface area contributed by atoms with Gasteiger partial charge in [-0.05, 0) is 31.6 Å². The first-order valence-corrected chi connectivity index (χ1v) is 10.4. The molecule has 2 aliphatic rings. The van der Waals surface area contributed by atoms with E-state index in [0.717, 1.165) is 33.8 Å². The molecule has 5 rings (SSSR count). The van der Waals surface area contributed by atoms with Crippen LogP contribution in [-0.4, -0.2) is 0 Å². The van der Waals surface area contributed by atoms with Crippen molar-refractivity contribution in [2.24, 2.45) is 0 Å². The normalized spacial score (nSPS) is 27.1. The summed E-state index contributed by atoms with van der Waals surface area (Å²) in [5.41, 5.74) is 3.73. The highest BCUT2D eigenvalue weighted by Gasteiger charge is 2.71. The van der Waals surface area contributed by atoms with Crippen molar-refractivity contribution < 1.29 is 9.47 Å². The maximum absolute atomic E-state index is 6.79. The van der Waals surface area contributed by atoms with E-state index in [0.29, 0.717) is 0 Å². The second-order valence-electron chi connectivity index (χ2n) is 7.56. The fourth-order valence-corrected chi connectivity index (χ4v) is 4.88. The number of hydrogen-bond donors (Lipinski definition) is 0. The van der Waals surface area contributed by atoms with E-state index in [1.807, 2.05) is 62.4 Å². The van der Waals surface area contributed by atoms with Gasteiger partial charge < -0.3 is 9.47 Å². The van der Waals surface area contributed by atoms with Crippen molar-refractivity contribution in [2.45, 2.75) is 25.0 Å². The smallest absolute Gasteiger partial charge is 0.296 e. The number of fused-ring (bicyclic) bond motifs is 3. The molecule has 2 unspecified atom stereocenters. The Hall–Kier alpha value is -3.52. The van der Waals surface area contributed by atoms with Gasteiger partial charge in [-0.25, -0.2) is 0 Å². The van der Waals surface area contributed by atoms with Crippen LogP contribution in [0.3, 0.4) is 0 Å². The molecule has 2 atom stereocenters. The molecule has 0 amide bonds. The van der Waals surface area contributed by atoms with Gasteiger partial charge in [-0.2, -0.15) is 0 Å². The average molecular weight is 392 g/mol. The fourth-order valence-electron chi connectivity index (χ4n) is 4.88. The predicted molar refractivity (Wildman–Crippen MR) is 120 cm³/mol. The van der Waals surface area contributed by atoms with Gasteiger partial charge in [0, 0.05) is 16.7 Å². The van der Waals surface area contributed by atoms with E-state index in [1.165, 1.54) is 0 Å². The largest absolute Gasteiger partial charge is 0.447 e. The lowest BCUT2D eigenvalue weighted by molar-refractivity contribution is -0.151. The number of benzene rings is 3. The van der Waals surface area contributed by atoms with Crippen LogP contribution >= 0.6 is 0 Å². The maximum Gasteiger partial charge on any atom is 0.296 e. The summed E-state index contributed by atoms with van der Waals surface area (Å²) in [5.74, 6) is 0.677. The van der Waals surface area contributed by atoms with E-state index in [1.54, 1.807) is 0 Å². The molecule has 0 radical (unpaired) electrons. The molecule has 0 bridgehead atoms. The van der Waals surface area contributed by atoms with Crippen molar-refractivity contribution in [3.63, 3.8) is 0 Å². The van der Waals surface area contributed by atoms with Crippen LogP contribution in [0.4, 0.5) is 0 Å². The molecule has 30 heavy (non-hydrogen) atoms. The molecule has 1 fully saturated rings. The van der Waals surface area contributed by atoms with Crippen LogP contribution in [0, 0.1) is 0 Å². The van der Waals surface area contributed by atoms with Gasteiger partial charge in [-0.3, -0.25) is 0 Å². The summed E-state index contributed by atoms with van der Waals surface area (Å²) in [7, 11) is 0. The van der Waals surface area contributed by atoms with Gasteiger partial charge in [0.15, 0.2) is 0 Å². The number of rotatable bonds is 3. The van der Waals surface area contributed by atoms with Crippen LogP contribution in [0.15, 0.2) is 121 Å². The van der Waals surface area contributed by atoms with Crippen molar-refractivity contribution in [2.75, 3.05) is 0 Å². The molecule has 1 saturated heterocycles. The lowest BCUT2D eigenvalue weighted by atomic mass is 9.64. The van der Waals surface area contributed by atoms with Crippen LogP contribution in [0.1, 0.15) is 30.5 Å². The molecule has 148 valence electrons. The van der Waals surface area contributed by atoms with E-state index >= 15 is 0 Å². The quantitative estimate of drug-likeness (QED) is 0.496. The van der Waals surface area contributed by atoms with Crippen molar-refractivity contribution in [3.8, 4) is 5.75 Å². The first-order chi connectivity index (χ1) is 14.8. The summed E-state index contributed by atoms with van der Waals surface area (Å²) in [6, 6.07) is 29.2. The molecule has 2 heterocycles. The number of hydrogen-bond acceptors (Lipinski definition) is 2. The zero-order valence-electron chi connectivity index (χ0n) is 17.2. The first kappa shape index (κ1) is 18.5. The molecule has 3 aromatic carbocycles. The van der Waals surface area contributed by atoms with Crippen molar-refractivity contribution in [1.29, 1.82) is 0 Å². The summed E-state index contributed by atoms with van der Waals surface area (Å²) in [5, 5.41) is 0. The van der Waals surface area contributed by atoms with Crippen molar-refractivity contribution in [3.05, 3.63) is 137 Å². The Bertz CT molecular complexity index is 1160. The van der Waals surface area contributed by atoms with Crippen LogP contribution < -0.4 is 4.74 Å². The Morgan fingerprint density at radius 2 is 1.33 bits per heavy atom.